The number of nitrogens with one attached hydrogen (secondary N) is 1. The lowest BCUT2D eigenvalue weighted by atomic mass is 10.1. The Hall–Kier alpha value is -3.90. The molecule has 1 amide bonds. The van der Waals surface area contributed by atoms with Gasteiger partial charge in [-0.05, 0) is 41.5 Å². The number of terminal acetylenes is 1. The van der Waals surface area contributed by atoms with Crippen LogP contribution in [0.1, 0.15) is 11.1 Å². The second kappa shape index (κ2) is 10.3. The van der Waals surface area contributed by atoms with Gasteiger partial charge in [-0.3, -0.25) is 4.79 Å². The number of methoxy groups -OCH3 is 2. The molecule has 0 aliphatic heterocycles. The number of nitriles is 1. The van der Waals surface area contributed by atoms with Crippen molar-refractivity contribution in [2.75, 3.05) is 20.8 Å². The lowest BCUT2D eigenvalue weighted by Crippen LogP contribution is -2.23. The van der Waals surface area contributed by atoms with Gasteiger partial charge in [0, 0.05) is 6.54 Å². The lowest BCUT2D eigenvalue weighted by Gasteiger charge is -2.09. The first-order valence-corrected chi connectivity index (χ1v) is 8.38. The van der Waals surface area contributed by atoms with E-state index in [2.05, 4.69) is 11.2 Å². The molecule has 0 aliphatic carbocycles. The molecular formula is C22H20N2O4. The van der Waals surface area contributed by atoms with Crippen LogP contribution in [0.4, 0.5) is 0 Å². The largest absolute Gasteiger partial charge is 0.497 e. The molecule has 0 aliphatic rings. The number of nitrogens with zero attached hydrogens (tertiary/aromatic N) is 1. The van der Waals surface area contributed by atoms with Crippen LogP contribution in [-0.4, -0.2) is 26.7 Å². The number of benzene rings is 2. The summed E-state index contributed by atoms with van der Waals surface area (Å²) < 4.78 is 15.7. The third kappa shape index (κ3) is 5.55. The number of hydrogen-bond donors (Lipinski definition) is 1. The zero-order chi connectivity index (χ0) is 20.4. The van der Waals surface area contributed by atoms with E-state index in [0.717, 1.165) is 11.3 Å². The Morgan fingerprint density at radius 3 is 2.50 bits per heavy atom. The van der Waals surface area contributed by atoms with Crippen molar-refractivity contribution in [3.05, 3.63) is 59.2 Å². The van der Waals surface area contributed by atoms with Crippen LogP contribution >= 0.6 is 0 Å². The zero-order valence-electron chi connectivity index (χ0n) is 15.7. The molecule has 0 radical (unpaired) electrons. The summed E-state index contributed by atoms with van der Waals surface area (Å²) in [5, 5.41) is 12.1. The average molecular weight is 376 g/mol. The topological polar surface area (TPSA) is 80.6 Å². The van der Waals surface area contributed by atoms with Crippen LogP contribution in [-0.2, 0) is 11.3 Å². The Kier molecular flexibility index (Phi) is 7.51. The number of carbonyl (C=O) groups excluding carboxylic acids is 1. The first kappa shape index (κ1) is 20.4. The summed E-state index contributed by atoms with van der Waals surface area (Å²) in [6, 6.07) is 14.3. The van der Waals surface area contributed by atoms with Gasteiger partial charge in [-0.2, -0.15) is 5.26 Å². The summed E-state index contributed by atoms with van der Waals surface area (Å²) in [5.41, 5.74) is 1.50. The molecule has 0 fully saturated rings. The standard InChI is InChI=1S/C22H20N2O4/c1-4-11-28-20-10-7-17(13-21(20)27-3)12-18(14-23)22(25)24-15-16-5-8-19(26-2)9-6-16/h1,5-10,12-13H,11,15H2,2-3H3,(H,24,25)/b18-12-. The van der Waals surface area contributed by atoms with E-state index in [1.807, 2.05) is 18.2 Å². The quantitative estimate of drug-likeness (QED) is 0.435. The van der Waals surface area contributed by atoms with Gasteiger partial charge in [-0.25, -0.2) is 0 Å². The Bertz CT molecular complexity index is 934. The van der Waals surface area contributed by atoms with Gasteiger partial charge in [0.15, 0.2) is 11.5 Å². The van der Waals surface area contributed by atoms with Gasteiger partial charge in [-0.1, -0.05) is 24.1 Å². The summed E-state index contributed by atoms with van der Waals surface area (Å²) in [6.45, 7) is 0.410. The van der Waals surface area contributed by atoms with E-state index in [1.54, 1.807) is 37.4 Å². The molecule has 0 atom stereocenters. The SMILES string of the molecule is C#CCOc1ccc(/C=C(/C#N)C(=O)NCc2ccc(OC)cc2)cc1OC. The van der Waals surface area contributed by atoms with Crippen molar-refractivity contribution < 1.29 is 19.0 Å². The minimum Gasteiger partial charge on any atom is -0.497 e. The second-order valence-electron chi connectivity index (χ2n) is 5.60. The third-order valence-electron chi connectivity index (χ3n) is 3.79. The zero-order valence-corrected chi connectivity index (χ0v) is 15.7. The van der Waals surface area contributed by atoms with E-state index in [-0.39, 0.29) is 12.2 Å². The highest BCUT2D eigenvalue weighted by molar-refractivity contribution is 6.01. The molecular weight excluding hydrogens is 356 g/mol. The fraction of sp³-hybridized carbons (Fsp3) is 0.182. The highest BCUT2D eigenvalue weighted by Crippen LogP contribution is 2.28. The maximum absolute atomic E-state index is 12.3. The molecule has 0 heterocycles. The molecule has 0 saturated heterocycles. The van der Waals surface area contributed by atoms with Crippen LogP contribution < -0.4 is 19.5 Å². The number of hydrogen-bond acceptors (Lipinski definition) is 5. The van der Waals surface area contributed by atoms with Crippen LogP contribution in [0.2, 0.25) is 0 Å². The third-order valence-corrected chi connectivity index (χ3v) is 3.79. The Morgan fingerprint density at radius 1 is 1.14 bits per heavy atom. The monoisotopic (exact) mass is 376 g/mol. The van der Waals surface area contributed by atoms with Crippen LogP contribution in [0.3, 0.4) is 0 Å². The molecule has 0 unspecified atom stereocenters. The van der Waals surface area contributed by atoms with Crippen molar-refractivity contribution in [3.8, 4) is 35.7 Å². The predicted octanol–water partition coefficient (Wildman–Crippen LogP) is 2.94. The van der Waals surface area contributed by atoms with Crippen molar-refractivity contribution in [1.29, 1.82) is 5.26 Å². The Labute approximate surface area is 164 Å². The molecule has 2 aromatic carbocycles. The van der Waals surface area contributed by atoms with Crippen LogP contribution in [0.25, 0.3) is 6.08 Å². The normalized spacial score (nSPS) is 10.4. The molecule has 2 rings (SSSR count). The van der Waals surface area contributed by atoms with E-state index in [1.165, 1.54) is 13.2 Å². The molecule has 6 heteroatoms. The molecule has 0 spiro atoms. The van der Waals surface area contributed by atoms with E-state index in [4.69, 9.17) is 20.6 Å². The molecule has 0 aromatic heterocycles. The van der Waals surface area contributed by atoms with Crippen molar-refractivity contribution in [3.63, 3.8) is 0 Å². The van der Waals surface area contributed by atoms with Crippen LogP contribution in [0.5, 0.6) is 17.2 Å². The van der Waals surface area contributed by atoms with Gasteiger partial charge in [0.2, 0.25) is 0 Å². The fourth-order valence-electron chi connectivity index (χ4n) is 2.35. The number of amides is 1. The van der Waals surface area contributed by atoms with Gasteiger partial charge in [0.1, 0.15) is 24.0 Å². The van der Waals surface area contributed by atoms with Crippen LogP contribution in [0, 0.1) is 23.7 Å². The van der Waals surface area contributed by atoms with Gasteiger partial charge in [-0.15, -0.1) is 6.42 Å². The highest BCUT2D eigenvalue weighted by atomic mass is 16.5. The first-order chi connectivity index (χ1) is 13.6. The lowest BCUT2D eigenvalue weighted by molar-refractivity contribution is -0.117. The first-order valence-electron chi connectivity index (χ1n) is 8.38. The van der Waals surface area contributed by atoms with E-state index >= 15 is 0 Å². The molecule has 28 heavy (non-hydrogen) atoms. The van der Waals surface area contributed by atoms with Crippen molar-refractivity contribution in [1.82, 2.24) is 5.32 Å². The molecule has 2 aromatic rings. The summed E-state index contributed by atoms with van der Waals surface area (Å²) in [6.07, 6.45) is 6.67. The maximum atomic E-state index is 12.3. The van der Waals surface area contributed by atoms with E-state index in [0.29, 0.717) is 23.6 Å². The average Bonchev–Trinajstić information content (AvgIpc) is 2.74. The number of carbonyl (C=O) groups is 1. The van der Waals surface area contributed by atoms with Crippen molar-refractivity contribution in [2.45, 2.75) is 6.54 Å². The minimum absolute atomic E-state index is 0.0205. The molecule has 6 nitrogen and oxygen atoms in total. The number of ether oxygens (including phenoxy) is 3. The van der Waals surface area contributed by atoms with Gasteiger partial charge < -0.3 is 19.5 Å². The summed E-state index contributed by atoms with van der Waals surface area (Å²) >= 11 is 0. The maximum Gasteiger partial charge on any atom is 0.262 e. The summed E-state index contributed by atoms with van der Waals surface area (Å²) in [7, 11) is 3.09. The molecule has 142 valence electrons. The van der Waals surface area contributed by atoms with Gasteiger partial charge in [0.25, 0.3) is 5.91 Å². The fourth-order valence-corrected chi connectivity index (χ4v) is 2.35. The van der Waals surface area contributed by atoms with Crippen molar-refractivity contribution in [2.24, 2.45) is 0 Å². The summed E-state index contributed by atoms with van der Waals surface area (Å²) in [5.74, 6) is 3.59. The minimum atomic E-state index is -0.468. The Balaban J connectivity index is 2.10. The van der Waals surface area contributed by atoms with Crippen LogP contribution in [0.15, 0.2) is 48.0 Å². The van der Waals surface area contributed by atoms with E-state index < -0.39 is 5.91 Å². The van der Waals surface area contributed by atoms with E-state index in [9.17, 15) is 10.1 Å². The molecule has 0 bridgehead atoms. The number of rotatable bonds is 8. The molecule has 1 N–H and O–H groups in total. The van der Waals surface area contributed by atoms with Gasteiger partial charge >= 0.3 is 0 Å². The van der Waals surface area contributed by atoms with Gasteiger partial charge in [0.05, 0.1) is 14.2 Å². The highest BCUT2D eigenvalue weighted by Gasteiger charge is 2.11. The Morgan fingerprint density at radius 2 is 1.89 bits per heavy atom. The smallest absolute Gasteiger partial charge is 0.262 e. The summed E-state index contributed by atoms with van der Waals surface area (Å²) in [4.78, 5) is 12.3. The molecule has 0 saturated carbocycles. The second-order valence-corrected chi connectivity index (χ2v) is 5.60. The van der Waals surface area contributed by atoms with Crippen molar-refractivity contribution >= 4 is 12.0 Å². The predicted molar refractivity (Wildman–Crippen MR) is 106 cm³/mol.